The van der Waals surface area contributed by atoms with Gasteiger partial charge in [0.05, 0.1) is 5.92 Å². The highest BCUT2D eigenvalue weighted by molar-refractivity contribution is 5.75. The van der Waals surface area contributed by atoms with E-state index in [0.717, 1.165) is 0 Å². The van der Waals surface area contributed by atoms with Gasteiger partial charge in [0.25, 0.3) is 0 Å². The topological polar surface area (TPSA) is 66.8 Å². The summed E-state index contributed by atoms with van der Waals surface area (Å²) in [5.41, 5.74) is -0.554. The van der Waals surface area contributed by atoms with E-state index in [1.165, 1.54) is 4.90 Å². The van der Waals surface area contributed by atoms with E-state index in [1.807, 2.05) is 6.92 Å². The Bertz CT molecular complexity index is 321. The van der Waals surface area contributed by atoms with Crippen LogP contribution in [0, 0.1) is 11.8 Å². The number of nitrogens with zero attached hydrogens (tertiary/aromatic N) is 1. The van der Waals surface area contributed by atoms with Crippen LogP contribution >= 0.6 is 0 Å². The molecule has 5 nitrogen and oxygen atoms in total. The van der Waals surface area contributed by atoms with E-state index in [4.69, 9.17) is 9.84 Å². The fourth-order valence-electron chi connectivity index (χ4n) is 2.27. The number of carboxylic acids is 1. The zero-order chi connectivity index (χ0) is 13.4. The first kappa shape index (κ1) is 13.8. The van der Waals surface area contributed by atoms with Crippen molar-refractivity contribution in [1.29, 1.82) is 0 Å². The molecule has 0 aliphatic carbocycles. The molecule has 1 amide bonds. The summed E-state index contributed by atoms with van der Waals surface area (Å²) < 4.78 is 5.26. The molecule has 0 bridgehead atoms. The van der Waals surface area contributed by atoms with Crippen LogP contribution in [-0.2, 0) is 9.53 Å². The number of aliphatic carboxylic acids is 1. The second-order valence-corrected chi connectivity index (χ2v) is 5.71. The Balaban J connectivity index is 2.75. The highest BCUT2D eigenvalue weighted by Crippen LogP contribution is 2.30. The SMILES string of the molecule is CC1CN(C(=O)OC(C)(C)C)C(C)C1C(=O)O. The van der Waals surface area contributed by atoms with Gasteiger partial charge >= 0.3 is 12.1 Å². The van der Waals surface area contributed by atoms with E-state index in [1.54, 1.807) is 27.7 Å². The zero-order valence-electron chi connectivity index (χ0n) is 11.1. The lowest BCUT2D eigenvalue weighted by molar-refractivity contribution is -0.143. The number of carbonyl (C=O) groups is 2. The van der Waals surface area contributed by atoms with Crippen molar-refractivity contribution in [3.05, 3.63) is 0 Å². The number of ether oxygens (including phenoxy) is 1. The Hall–Kier alpha value is -1.26. The molecule has 0 aromatic carbocycles. The molecule has 1 N–H and O–H groups in total. The lowest BCUT2D eigenvalue weighted by atomic mass is 9.93. The molecule has 5 heteroatoms. The van der Waals surface area contributed by atoms with E-state index in [9.17, 15) is 9.59 Å². The Labute approximate surface area is 102 Å². The van der Waals surface area contributed by atoms with Crippen LogP contribution in [0.15, 0.2) is 0 Å². The molecule has 0 saturated carbocycles. The summed E-state index contributed by atoms with van der Waals surface area (Å²) in [4.78, 5) is 24.5. The van der Waals surface area contributed by atoms with Crippen molar-refractivity contribution in [2.45, 2.75) is 46.3 Å². The van der Waals surface area contributed by atoms with Gasteiger partial charge in [-0.1, -0.05) is 6.92 Å². The molecular formula is C12H21NO4. The monoisotopic (exact) mass is 243 g/mol. The molecule has 17 heavy (non-hydrogen) atoms. The maximum absolute atomic E-state index is 11.9. The molecule has 1 rings (SSSR count). The summed E-state index contributed by atoms with van der Waals surface area (Å²) in [6.07, 6.45) is -0.430. The van der Waals surface area contributed by atoms with Gasteiger partial charge in [0.2, 0.25) is 0 Å². The summed E-state index contributed by atoms with van der Waals surface area (Å²) in [6.45, 7) is 9.43. The summed E-state index contributed by atoms with van der Waals surface area (Å²) in [5.74, 6) is -1.41. The minimum absolute atomic E-state index is 0.0463. The molecule has 1 aliphatic rings. The van der Waals surface area contributed by atoms with Crippen molar-refractivity contribution in [1.82, 2.24) is 4.90 Å². The van der Waals surface area contributed by atoms with E-state index >= 15 is 0 Å². The van der Waals surface area contributed by atoms with E-state index in [-0.39, 0.29) is 12.0 Å². The number of likely N-dealkylation sites (tertiary alicyclic amines) is 1. The molecule has 3 atom stereocenters. The quantitative estimate of drug-likeness (QED) is 0.764. The van der Waals surface area contributed by atoms with Gasteiger partial charge in [0.1, 0.15) is 5.60 Å². The van der Waals surface area contributed by atoms with E-state index in [2.05, 4.69) is 0 Å². The second-order valence-electron chi connectivity index (χ2n) is 5.71. The number of hydrogen-bond donors (Lipinski definition) is 1. The van der Waals surface area contributed by atoms with Gasteiger partial charge in [0.15, 0.2) is 0 Å². The average molecular weight is 243 g/mol. The van der Waals surface area contributed by atoms with E-state index < -0.39 is 23.6 Å². The number of carboxylic acid groups (broad SMARTS) is 1. The largest absolute Gasteiger partial charge is 0.481 e. The van der Waals surface area contributed by atoms with Crippen molar-refractivity contribution in [3.8, 4) is 0 Å². The fraction of sp³-hybridized carbons (Fsp3) is 0.833. The molecule has 0 spiro atoms. The van der Waals surface area contributed by atoms with Crippen molar-refractivity contribution in [2.75, 3.05) is 6.54 Å². The standard InChI is InChI=1S/C12H21NO4/c1-7-6-13(8(2)9(7)10(14)15)11(16)17-12(3,4)5/h7-9H,6H2,1-5H3,(H,14,15). The summed E-state index contributed by atoms with van der Waals surface area (Å²) in [7, 11) is 0. The van der Waals surface area contributed by atoms with Gasteiger partial charge in [-0.3, -0.25) is 4.79 Å². The summed E-state index contributed by atoms with van der Waals surface area (Å²) >= 11 is 0. The third kappa shape index (κ3) is 3.11. The lowest BCUT2D eigenvalue weighted by Gasteiger charge is -2.27. The fourth-order valence-corrected chi connectivity index (χ4v) is 2.27. The van der Waals surface area contributed by atoms with Crippen LogP contribution in [0.5, 0.6) is 0 Å². The van der Waals surface area contributed by atoms with Gasteiger partial charge < -0.3 is 14.7 Å². The van der Waals surface area contributed by atoms with Crippen molar-refractivity contribution in [3.63, 3.8) is 0 Å². The number of amides is 1. The average Bonchev–Trinajstić information content (AvgIpc) is 2.38. The molecular weight excluding hydrogens is 222 g/mol. The first-order valence-corrected chi connectivity index (χ1v) is 5.86. The van der Waals surface area contributed by atoms with Gasteiger partial charge in [-0.2, -0.15) is 0 Å². The van der Waals surface area contributed by atoms with Gasteiger partial charge in [-0.15, -0.1) is 0 Å². The van der Waals surface area contributed by atoms with Gasteiger partial charge in [-0.05, 0) is 33.6 Å². The number of carbonyl (C=O) groups excluding carboxylic acids is 1. The van der Waals surface area contributed by atoms with Gasteiger partial charge in [0, 0.05) is 12.6 Å². The van der Waals surface area contributed by atoms with Crippen molar-refractivity contribution >= 4 is 12.1 Å². The van der Waals surface area contributed by atoms with Gasteiger partial charge in [-0.25, -0.2) is 4.79 Å². The molecule has 98 valence electrons. The molecule has 0 aromatic rings. The second kappa shape index (κ2) is 4.55. The molecule has 0 aromatic heterocycles. The Morgan fingerprint density at radius 1 is 1.29 bits per heavy atom. The number of rotatable bonds is 1. The maximum Gasteiger partial charge on any atom is 0.410 e. The Morgan fingerprint density at radius 2 is 1.82 bits per heavy atom. The normalized spacial score (nSPS) is 29.2. The molecule has 0 radical (unpaired) electrons. The number of hydrogen-bond acceptors (Lipinski definition) is 3. The van der Waals surface area contributed by atoms with Crippen LogP contribution < -0.4 is 0 Å². The third-order valence-electron chi connectivity index (χ3n) is 3.02. The molecule has 1 heterocycles. The first-order chi connectivity index (χ1) is 7.63. The molecule has 1 aliphatic heterocycles. The van der Waals surface area contributed by atoms with Crippen LogP contribution in [-0.4, -0.2) is 40.3 Å². The highest BCUT2D eigenvalue weighted by atomic mass is 16.6. The third-order valence-corrected chi connectivity index (χ3v) is 3.02. The Kier molecular flexibility index (Phi) is 3.69. The smallest absolute Gasteiger partial charge is 0.410 e. The first-order valence-electron chi connectivity index (χ1n) is 5.86. The summed E-state index contributed by atoms with van der Waals surface area (Å²) in [6, 6.07) is -0.322. The Morgan fingerprint density at radius 3 is 2.18 bits per heavy atom. The van der Waals surface area contributed by atoms with Crippen LogP contribution in [0.3, 0.4) is 0 Å². The van der Waals surface area contributed by atoms with Crippen LogP contribution in [0.1, 0.15) is 34.6 Å². The minimum atomic E-state index is -0.851. The van der Waals surface area contributed by atoms with Crippen LogP contribution in [0.25, 0.3) is 0 Å². The highest BCUT2D eigenvalue weighted by Gasteiger charge is 2.44. The minimum Gasteiger partial charge on any atom is -0.481 e. The zero-order valence-corrected chi connectivity index (χ0v) is 11.1. The molecule has 1 fully saturated rings. The van der Waals surface area contributed by atoms with Crippen molar-refractivity contribution in [2.24, 2.45) is 11.8 Å². The van der Waals surface area contributed by atoms with Crippen molar-refractivity contribution < 1.29 is 19.4 Å². The van der Waals surface area contributed by atoms with E-state index in [0.29, 0.717) is 6.54 Å². The summed E-state index contributed by atoms with van der Waals surface area (Å²) in [5, 5.41) is 9.11. The molecule has 1 saturated heterocycles. The predicted molar refractivity (Wildman–Crippen MR) is 62.7 cm³/mol. The maximum atomic E-state index is 11.9. The predicted octanol–water partition coefficient (Wildman–Crippen LogP) is 1.96. The van der Waals surface area contributed by atoms with Crippen LogP contribution in [0.4, 0.5) is 4.79 Å². The lowest BCUT2D eigenvalue weighted by Crippen LogP contribution is -2.41. The van der Waals surface area contributed by atoms with Crippen LogP contribution in [0.2, 0.25) is 0 Å². The molecule has 3 unspecified atom stereocenters.